The molecule has 38 heavy (non-hydrogen) atoms. The summed E-state index contributed by atoms with van der Waals surface area (Å²) in [5, 5.41) is 0. The minimum atomic E-state index is -4.59. The first-order valence-corrected chi connectivity index (χ1v) is 16.7. The Morgan fingerprint density at radius 3 is 1.18 bits per heavy atom. The third-order valence-corrected chi connectivity index (χ3v) is 7.91. The molecular weight excluding hydrogens is 528 g/mol. The van der Waals surface area contributed by atoms with E-state index in [1.54, 1.807) is 0 Å². The van der Waals surface area contributed by atoms with Crippen LogP contribution in [0.4, 0.5) is 0 Å². The zero-order valence-electron chi connectivity index (χ0n) is 24.3. The average molecular weight is 579 g/mol. The van der Waals surface area contributed by atoms with Crippen molar-refractivity contribution in [3.63, 3.8) is 0 Å². The molecule has 0 aliphatic carbocycles. The van der Waals surface area contributed by atoms with Crippen LogP contribution < -0.4 is 9.13 Å². The summed E-state index contributed by atoms with van der Waals surface area (Å²) >= 11 is 0. The van der Waals surface area contributed by atoms with Gasteiger partial charge in [-0.15, -0.1) is 0 Å². The van der Waals surface area contributed by atoms with Crippen LogP contribution in [0.15, 0.2) is 24.8 Å². The lowest BCUT2D eigenvalue weighted by Crippen LogP contribution is -2.31. The van der Waals surface area contributed by atoms with Crippen molar-refractivity contribution in [3.8, 4) is 0 Å². The molecule has 0 aliphatic heterocycles. The van der Waals surface area contributed by atoms with E-state index in [4.69, 9.17) is 0 Å². The summed E-state index contributed by atoms with van der Waals surface area (Å²) in [7, 11) is -0.668. The summed E-state index contributed by atoms with van der Waals surface area (Å²) < 4.78 is 67.2. The Hall–Kier alpha value is -1.76. The maximum atomic E-state index is 9.72. The quantitative estimate of drug-likeness (QED) is 0.181. The molecule has 0 radical (unpaired) electrons. The molecular formula is C26H50N4O6S2. The van der Waals surface area contributed by atoms with Crippen LogP contribution in [0.5, 0.6) is 0 Å². The van der Waals surface area contributed by atoms with Crippen molar-refractivity contribution >= 4 is 20.2 Å². The van der Waals surface area contributed by atoms with Gasteiger partial charge in [-0.05, 0) is 12.8 Å². The van der Waals surface area contributed by atoms with Gasteiger partial charge in [-0.2, -0.15) is 0 Å². The fourth-order valence-electron chi connectivity index (χ4n) is 3.92. The van der Waals surface area contributed by atoms with E-state index in [0.717, 1.165) is 0 Å². The van der Waals surface area contributed by atoms with Gasteiger partial charge in [0.25, 0.3) is 11.6 Å². The standard InChI is InChI=1S/2C12H23N2.C2H6O6S2/c2*1-4-5-6-7-8-9-12-13(2)10-11-14(12)3;3-9(4,5)1-2-10(6,7)8/h2*10-11H,4-9H2,1-3H3;1-2H2,(H,3,4,5)(H,6,7,8)/q2*+1;/p-2. The molecule has 0 unspecified atom stereocenters. The summed E-state index contributed by atoms with van der Waals surface area (Å²) in [5.41, 5.74) is 0. The molecule has 222 valence electrons. The van der Waals surface area contributed by atoms with Gasteiger partial charge in [-0.25, -0.2) is 35.1 Å². The van der Waals surface area contributed by atoms with Crippen molar-refractivity contribution in [3.05, 3.63) is 36.4 Å². The topological polar surface area (TPSA) is 132 Å². The monoisotopic (exact) mass is 578 g/mol. The predicted molar refractivity (Wildman–Crippen MR) is 147 cm³/mol. The molecule has 0 fully saturated rings. The van der Waals surface area contributed by atoms with E-state index in [0.29, 0.717) is 0 Å². The fraction of sp³-hybridized carbons (Fsp3) is 0.769. The van der Waals surface area contributed by atoms with Crippen LogP contribution in [0.2, 0.25) is 0 Å². The van der Waals surface area contributed by atoms with Gasteiger partial charge in [0.1, 0.15) is 24.8 Å². The van der Waals surface area contributed by atoms with Gasteiger partial charge in [0.2, 0.25) is 0 Å². The van der Waals surface area contributed by atoms with Gasteiger partial charge in [-0.3, -0.25) is 0 Å². The molecule has 0 aromatic carbocycles. The smallest absolute Gasteiger partial charge is 0.255 e. The van der Waals surface area contributed by atoms with E-state index in [-0.39, 0.29) is 0 Å². The second-order valence-electron chi connectivity index (χ2n) is 9.72. The fourth-order valence-corrected chi connectivity index (χ4v) is 5.56. The van der Waals surface area contributed by atoms with E-state index in [9.17, 15) is 25.9 Å². The first-order chi connectivity index (χ1) is 17.7. The Balaban J connectivity index is 0.000000551. The van der Waals surface area contributed by atoms with Crippen LogP contribution in [0.3, 0.4) is 0 Å². The minimum Gasteiger partial charge on any atom is -0.748 e. The molecule has 0 saturated carbocycles. The first-order valence-electron chi connectivity index (χ1n) is 13.6. The molecule has 2 heterocycles. The minimum absolute atomic E-state index is 1.15. The molecule has 0 saturated heterocycles. The molecule has 2 aromatic rings. The lowest BCUT2D eigenvalue weighted by molar-refractivity contribution is -0.678. The number of rotatable bonds is 15. The van der Waals surface area contributed by atoms with E-state index >= 15 is 0 Å². The van der Waals surface area contributed by atoms with Gasteiger partial charge < -0.3 is 9.11 Å². The number of nitrogens with zero attached hydrogens (tertiary/aromatic N) is 4. The summed E-state index contributed by atoms with van der Waals surface area (Å²) in [5.74, 6) is 0.556. The Morgan fingerprint density at radius 1 is 0.632 bits per heavy atom. The van der Waals surface area contributed by atoms with Gasteiger partial charge >= 0.3 is 0 Å². The van der Waals surface area contributed by atoms with Crippen molar-refractivity contribution < 1.29 is 35.1 Å². The lowest BCUT2D eigenvalue weighted by atomic mass is 10.1. The molecule has 10 nitrogen and oxygen atoms in total. The third kappa shape index (κ3) is 18.5. The molecule has 2 aromatic heterocycles. The largest absolute Gasteiger partial charge is 0.748 e. The number of hydrogen-bond acceptors (Lipinski definition) is 6. The molecule has 0 bridgehead atoms. The van der Waals surface area contributed by atoms with Crippen LogP contribution in [0, 0.1) is 0 Å². The predicted octanol–water partition coefficient (Wildman–Crippen LogP) is 2.80. The molecule has 0 spiro atoms. The second-order valence-corrected chi connectivity index (χ2v) is 12.8. The Kier molecular flexibility index (Phi) is 18.4. The Morgan fingerprint density at radius 2 is 0.947 bits per heavy atom. The molecule has 0 aliphatic rings. The highest BCUT2D eigenvalue weighted by Gasteiger charge is 2.10. The Bertz CT molecular complexity index is 982. The second kappa shape index (κ2) is 19.3. The molecule has 0 N–H and O–H groups in total. The first kappa shape index (κ1) is 36.2. The van der Waals surface area contributed by atoms with Gasteiger partial charge in [0.05, 0.1) is 59.9 Å². The number of hydrogen-bond donors (Lipinski definition) is 0. The van der Waals surface area contributed by atoms with Gasteiger partial charge in [-0.1, -0.05) is 65.2 Å². The summed E-state index contributed by atoms with van der Waals surface area (Å²) in [6.07, 6.45) is 24.6. The van der Waals surface area contributed by atoms with Crippen LogP contribution in [-0.4, -0.2) is 46.6 Å². The zero-order valence-corrected chi connectivity index (χ0v) is 25.9. The zero-order chi connectivity index (χ0) is 29.2. The van der Waals surface area contributed by atoms with Crippen molar-refractivity contribution in [1.29, 1.82) is 0 Å². The highest BCUT2D eigenvalue weighted by atomic mass is 32.2. The van der Waals surface area contributed by atoms with Crippen molar-refractivity contribution in [2.75, 3.05) is 11.5 Å². The van der Waals surface area contributed by atoms with Gasteiger partial charge in [0, 0.05) is 12.8 Å². The van der Waals surface area contributed by atoms with Crippen LogP contribution in [0.25, 0.3) is 0 Å². The molecule has 0 amide bonds. The third-order valence-electron chi connectivity index (χ3n) is 6.25. The maximum absolute atomic E-state index is 9.72. The van der Waals surface area contributed by atoms with Crippen molar-refractivity contribution in [2.24, 2.45) is 28.2 Å². The number of unbranched alkanes of at least 4 members (excludes halogenated alkanes) is 8. The molecule has 0 atom stereocenters. The van der Waals surface area contributed by atoms with Crippen molar-refractivity contribution in [2.45, 2.75) is 90.9 Å². The Labute approximate surface area is 231 Å². The normalized spacial score (nSPS) is 11.5. The van der Waals surface area contributed by atoms with E-state index < -0.39 is 31.7 Å². The van der Waals surface area contributed by atoms with Crippen LogP contribution >= 0.6 is 0 Å². The van der Waals surface area contributed by atoms with E-state index in [1.807, 2.05) is 0 Å². The number of aromatic nitrogens is 4. The highest BCUT2D eigenvalue weighted by molar-refractivity contribution is 7.89. The summed E-state index contributed by atoms with van der Waals surface area (Å²) in [4.78, 5) is 0. The van der Waals surface area contributed by atoms with Gasteiger partial charge in [0.15, 0.2) is 0 Å². The highest BCUT2D eigenvalue weighted by Crippen LogP contribution is 2.07. The molecule has 2 rings (SSSR count). The summed E-state index contributed by atoms with van der Waals surface area (Å²) in [6.45, 7) is 4.52. The van der Waals surface area contributed by atoms with E-state index in [1.165, 1.54) is 88.7 Å². The van der Waals surface area contributed by atoms with Crippen LogP contribution in [-0.2, 0) is 61.3 Å². The van der Waals surface area contributed by atoms with Crippen LogP contribution in [0.1, 0.15) is 89.7 Å². The summed E-state index contributed by atoms with van der Waals surface area (Å²) in [6, 6.07) is 0. The SMILES string of the molecule is CCCCCCCc1n(C)cc[n+]1C.CCCCCCCc1n(C)cc[n+]1C.O=S(=O)([O-])CCS(=O)(=O)[O-]. The molecule has 12 heteroatoms. The lowest BCUT2D eigenvalue weighted by Gasteiger charge is -2.08. The number of imidazole rings is 2. The maximum Gasteiger partial charge on any atom is 0.255 e. The number of aryl methyl sites for hydroxylation is 4. The van der Waals surface area contributed by atoms with Crippen molar-refractivity contribution in [1.82, 2.24) is 9.13 Å². The average Bonchev–Trinajstić information content (AvgIpc) is 3.32. The van der Waals surface area contributed by atoms with E-state index in [2.05, 4.69) is 85.1 Å².